The van der Waals surface area contributed by atoms with Crippen LogP contribution >= 0.6 is 15.9 Å². The van der Waals surface area contributed by atoms with Gasteiger partial charge >= 0.3 is 0 Å². The van der Waals surface area contributed by atoms with E-state index >= 15 is 0 Å². The predicted octanol–water partition coefficient (Wildman–Crippen LogP) is 3.27. The molecule has 0 saturated carbocycles. The van der Waals surface area contributed by atoms with Crippen LogP contribution in [0.4, 0.5) is 0 Å². The van der Waals surface area contributed by atoms with E-state index in [9.17, 15) is 0 Å². The SMILES string of the molecule is CCCNC1CCOc2ccc(Br)cc21. The molecule has 0 spiro atoms. The van der Waals surface area contributed by atoms with E-state index in [1.165, 1.54) is 12.0 Å². The summed E-state index contributed by atoms with van der Waals surface area (Å²) in [6, 6.07) is 6.67. The topological polar surface area (TPSA) is 21.3 Å². The van der Waals surface area contributed by atoms with Crippen LogP contribution in [-0.2, 0) is 0 Å². The van der Waals surface area contributed by atoms with Gasteiger partial charge in [-0.1, -0.05) is 22.9 Å². The zero-order chi connectivity index (χ0) is 10.7. The molecule has 1 aromatic carbocycles. The van der Waals surface area contributed by atoms with Crippen molar-refractivity contribution in [1.29, 1.82) is 0 Å². The lowest BCUT2D eigenvalue weighted by Crippen LogP contribution is -2.27. The molecule has 1 aliphatic rings. The van der Waals surface area contributed by atoms with Crippen molar-refractivity contribution in [3.05, 3.63) is 28.2 Å². The Bertz CT molecular complexity index is 340. The summed E-state index contributed by atoms with van der Waals surface area (Å²) >= 11 is 3.50. The first kappa shape index (κ1) is 11.0. The van der Waals surface area contributed by atoms with Gasteiger partial charge in [-0.05, 0) is 31.2 Å². The molecule has 15 heavy (non-hydrogen) atoms. The molecule has 3 heteroatoms. The highest BCUT2D eigenvalue weighted by Gasteiger charge is 2.20. The number of rotatable bonds is 3. The Morgan fingerprint density at radius 3 is 3.20 bits per heavy atom. The number of hydrogen-bond acceptors (Lipinski definition) is 2. The molecule has 0 aromatic heterocycles. The third-order valence-electron chi connectivity index (χ3n) is 2.65. The fraction of sp³-hybridized carbons (Fsp3) is 0.500. The second kappa shape index (κ2) is 4.99. The van der Waals surface area contributed by atoms with E-state index in [1.54, 1.807) is 0 Å². The third-order valence-corrected chi connectivity index (χ3v) is 3.15. The van der Waals surface area contributed by atoms with Crippen LogP contribution in [0.25, 0.3) is 0 Å². The minimum absolute atomic E-state index is 0.450. The molecule has 1 N–H and O–H groups in total. The Morgan fingerprint density at radius 2 is 2.40 bits per heavy atom. The zero-order valence-electron chi connectivity index (χ0n) is 8.92. The first-order chi connectivity index (χ1) is 7.31. The van der Waals surface area contributed by atoms with Crippen LogP contribution in [0.5, 0.6) is 5.75 Å². The van der Waals surface area contributed by atoms with Crippen molar-refractivity contribution in [2.45, 2.75) is 25.8 Å². The van der Waals surface area contributed by atoms with Crippen LogP contribution in [0.15, 0.2) is 22.7 Å². The van der Waals surface area contributed by atoms with Crippen LogP contribution in [0.1, 0.15) is 31.4 Å². The van der Waals surface area contributed by atoms with Crippen molar-refractivity contribution >= 4 is 15.9 Å². The number of benzene rings is 1. The van der Waals surface area contributed by atoms with Gasteiger partial charge in [-0.3, -0.25) is 0 Å². The zero-order valence-corrected chi connectivity index (χ0v) is 10.5. The molecule has 1 aliphatic heterocycles. The van der Waals surface area contributed by atoms with E-state index in [4.69, 9.17) is 4.74 Å². The summed E-state index contributed by atoms with van der Waals surface area (Å²) in [4.78, 5) is 0. The average Bonchev–Trinajstić information content (AvgIpc) is 2.26. The van der Waals surface area contributed by atoms with Gasteiger partial charge in [0.05, 0.1) is 6.61 Å². The Kier molecular flexibility index (Phi) is 3.65. The number of halogens is 1. The Hall–Kier alpha value is -0.540. The van der Waals surface area contributed by atoms with Gasteiger partial charge in [0.1, 0.15) is 5.75 Å². The minimum atomic E-state index is 0.450. The molecular weight excluding hydrogens is 254 g/mol. The monoisotopic (exact) mass is 269 g/mol. The summed E-state index contributed by atoms with van der Waals surface area (Å²) < 4.78 is 6.75. The maximum atomic E-state index is 5.63. The normalized spacial score (nSPS) is 19.5. The number of hydrogen-bond donors (Lipinski definition) is 1. The van der Waals surface area contributed by atoms with Crippen LogP contribution in [0.2, 0.25) is 0 Å². The van der Waals surface area contributed by atoms with E-state index in [2.05, 4.69) is 34.2 Å². The lowest BCUT2D eigenvalue weighted by atomic mass is 10.0. The fourth-order valence-electron chi connectivity index (χ4n) is 1.90. The van der Waals surface area contributed by atoms with Crippen molar-refractivity contribution in [1.82, 2.24) is 5.32 Å². The van der Waals surface area contributed by atoms with Crippen LogP contribution in [0.3, 0.4) is 0 Å². The predicted molar refractivity (Wildman–Crippen MR) is 65.3 cm³/mol. The van der Waals surface area contributed by atoms with Crippen LogP contribution in [0, 0.1) is 0 Å². The third kappa shape index (κ3) is 2.52. The van der Waals surface area contributed by atoms with E-state index in [0.29, 0.717) is 6.04 Å². The number of fused-ring (bicyclic) bond motifs is 1. The largest absolute Gasteiger partial charge is 0.493 e. The van der Waals surface area contributed by atoms with Gasteiger partial charge in [0.2, 0.25) is 0 Å². The molecular formula is C12H16BrNO. The lowest BCUT2D eigenvalue weighted by molar-refractivity contribution is 0.253. The second-order valence-electron chi connectivity index (χ2n) is 3.83. The molecule has 0 aliphatic carbocycles. The van der Waals surface area contributed by atoms with Gasteiger partial charge in [-0.2, -0.15) is 0 Å². The first-order valence-corrected chi connectivity index (χ1v) is 6.26. The molecule has 1 unspecified atom stereocenters. The van der Waals surface area contributed by atoms with Crippen molar-refractivity contribution in [3.63, 3.8) is 0 Å². The summed E-state index contributed by atoms with van der Waals surface area (Å²) in [6.07, 6.45) is 2.23. The van der Waals surface area contributed by atoms with Gasteiger partial charge in [0.15, 0.2) is 0 Å². The summed E-state index contributed by atoms with van der Waals surface area (Å²) in [6.45, 7) is 4.07. The molecule has 0 radical (unpaired) electrons. The Labute approximate surface area is 99.1 Å². The molecule has 1 heterocycles. The van der Waals surface area contributed by atoms with Gasteiger partial charge in [0.25, 0.3) is 0 Å². The maximum Gasteiger partial charge on any atom is 0.124 e. The van der Waals surface area contributed by atoms with E-state index < -0.39 is 0 Å². The molecule has 0 fully saturated rings. The number of ether oxygens (including phenoxy) is 1. The molecule has 0 amide bonds. The van der Waals surface area contributed by atoms with E-state index in [1.807, 2.05) is 12.1 Å². The van der Waals surface area contributed by atoms with Crippen molar-refractivity contribution in [2.24, 2.45) is 0 Å². The molecule has 0 saturated heterocycles. The van der Waals surface area contributed by atoms with E-state index in [0.717, 1.165) is 29.8 Å². The molecule has 1 aromatic rings. The van der Waals surface area contributed by atoms with Crippen LogP contribution in [-0.4, -0.2) is 13.2 Å². The minimum Gasteiger partial charge on any atom is -0.493 e. The smallest absolute Gasteiger partial charge is 0.124 e. The summed E-state index contributed by atoms with van der Waals surface area (Å²) in [7, 11) is 0. The molecule has 1 atom stereocenters. The van der Waals surface area contributed by atoms with Crippen molar-refractivity contribution < 1.29 is 4.74 Å². The Morgan fingerprint density at radius 1 is 1.53 bits per heavy atom. The summed E-state index contributed by atoms with van der Waals surface area (Å²) in [5.41, 5.74) is 1.28. The molecule has 2 rings (SSSR count). The maximum absolute atomic E-state index is 5.63. The lowest BCUT2D eigenvalue weighted by Gasteiger charge is -2.26. The standard InChI is InChI=1S/C12H16BrNO/c1-2-6-14-11-5-7-15-12-4-3-9(13)8-10(11)12/h3-4,8,11,14H,2,5-7H2,1H3. The molecule has 82 valence electrons. The Balaban J connectivity index is 2.20. The highest BCUT2D eigenvalue weighted by atomic mass is 79.9. The highest BCUT2D eigenvalue weighted by Crippen LogP contribution is 2.33. The number of nitrogens with one attached hydrogen (secondary N) is 1. The fourth-order valence-corrected chi connectivity index (χ4v) is 2.27. The average molecular weight is 270 g/mol. The summed E-state index contributed by atoms with van der Waals surface area (Å²) in [5, 5.41) is 3.55. The second-order valence-corrected chi connectivity index (χ2v) is 4.74. The quantitative estimate of drug-likeness (QED) is 0.910. The first-order valence-electron chi connectivity index (χ1n) is 5.47. The van der Waals surface area contributed by atoms with Crippen LogP contribution < -0.4 is 10.1 Å². The van der Waals surface area contributed by atoms with Crippen molar-refractivity contribution in [3.8, 4) is 5.75 Å². The summed E-state index contributed by atoms with van der Waals surface area (Å²) in [5.74, 6) is 1.03. The van der Waals surface area contributed by atoms with Crippen molar-refractivity contribution in [2.75, 3.05) is 13.2 Å². The molecule has 2 nitrogen and oxygen atoms in total. The van der Waals surface area contributed by atoms with E-state index in [-0.39, 0.29) is 0 Å². The van der Waals surface area contributed by atoms with Gasteiger partial charge < -0.3 is 10.1 Å². The molecule has 0 bridgehead atoms. The van der Waals surface area contributed by atoms with Gasteiger partial charge in [-0.25, -0.2) is 0 Å². The van der Waals surface area contributed by atoms with Gasteiger partial charge in [0, 0.05) is 22.5 Å². The highest BCUT2D eigenvalue weighted by molar-refractivity contribution is 9.10. The van der Waals surface area contributed by atoms with Gasteiger partial charge in [-0.15, -0.1) is 0 Å².